The Labute approximate surface area is 165 Å². The van der Waals surface area contributed by atoms with Crippen molar-refractivity contribution in [2.75, 3.05) is 19.8 Å². The molecule has 0 saturated carbocycles. The van der Waals surface area contributed by atoms with Gasteiger partial charge in [-0.2, -0.15) is 5.10 Å². The normalized spacial score (nSPS) is 10.1. The molecule has 0 fully saturated rings. The van der Waals surface area contributed by atoms with Gasteiger partial charge in [0.25, 0.3) is 5.56 Å². The van der Waals surface area contributed by atoms with Crippen LogP contribution in [-0.4, -0.2) is 51.8 Å². The van der Waals surface area contributed by atoms with Crippen molar-refractivity contribution in [3.63, 3.8) is 0 Å². The van der Waals surface area contributed by atoms with Gasteiger partial charge in [-0.25, -0.2) is 14.3 Å². The number of fused-ring (bicyclic) bond motifs is 1. The molecular weight excluding hydrogens is 380 g/mol. The highest BCUT2D eigenvalue weighted by molar-refractivity contribution is 6.27. The van der Waals surface area contributed by atoms with Crippen LogP contribution in [0, 0.1) is 0 Å². The lowest BCUT2D eigenvalue weighted by Crippen LogP contribution is -2.25. The predicted octanol–water partition coefficient (Wildman–Crippen LogP) is 1.65. The van der Waals surface area contributed by atoms with Crippen LogP contribution in [0.15, 0.2) is 65.6 Å². The molecule has 0 saturated heterocycles. The van der Waals surface area contributed by atoms with Gasteiger partial charge in [0.05, 0.1) is 31.3 Å². The average molecular weight is 400 g/mol. The number of para-hydroxylation sites is 1. The summed E-state index contributed by atoms with van der Waals surface area (Å²) < 4.78 is 12.5. The number of aliphatic carboxylic acids is 2. The first-order valence-corrected chi connectivity index (χ1v) is 8.65. The molecular formula is C20H20N2O7. The number of benzene rings is 2. The molecule has 0 radical (unpaired) electrons. The zero-order valence-electron chi connectivity index (χ0n) is 15.4. The van der Waals surface area contributed by atoms with Crippen LogP contribution in [0.25, 0.3) is 10.8 Å². The van der Waals surface area contributed by atoms with Crippen LogP contribution >= 0.6 is 0 Å². The van der Waals surface area contributed by atoms with Crippen LogP contribution in [0.3, 0.4) is 0 Å². The van der Waals surface area contributed by atoms with Gasteiger partial charge in [0.1, 0.15) is 12.4 Å². The first-order valence-electron chi connectivity index (χ1n) is 8.65. The predicted molar refractivity (Wildman–Crippen MR) is 104 cm³/mol. The Morgan fingerprint density at radius 3 is 2.24 bits per heavy atom. The number of carbonyl (C=O) groups is 2. The Balaban J connectivity index is 0.000000438. The van der Waals surface area contributed by atoms with E-state index in [9.17, 15) is 4.79 Å². The van der Waals surface area contributed by atoms with Gasteiger partial charge in [-0.15, -0.1) is 0 Å². The zero-order chi connectivity index (χ0) is 21.1. The lowest BCUT2D eigenvalue weighted by Gasteiger charge is -2.08. The number of aromatic nitrogens is 2. The number of hydrogen-bond donors (Lipinski definition) is 2. The van der Waals surface area contributed by atoms with Gasteiger partial charge in [0, 0.05) is 5.39 Å². The highest BCUT2D eigenvalue weighted by Gasteiger charge is 2.04. The van der Waals surface area contributed by atoms with Gasteiger partial charge in [-0.3, -0.25) is 4.79 Å². The van der Waals surface area contributed by atoms with Gasteiger partial charge in [0.2, 0.25) is 0 Å². The SMILES string of the molecule is O=C(O)C(=O)O.O=c1c2ccccc2cnn1CCOCCOc1ccccc1. The summed E-state index contributed by atoms with van der Waals surface area (Å²) in [7, 11) is 0. The minimum Gasteiger partial charge on any atom is -0.491 e. The molecule has 0 spiro atoms. The lowest BCUT2D eigenvalue weighted by atomic mass is 10.2. The van der Waals surface area contributed by atoms with Crippen molar-refractivity contribution in [1.82, 2.24) is 9.78 Å². The fourth-order valence-corrected chi connectivity index (χ4v) is 2.28. The summed E-state index contributed by atoms with van der Waals surface area (Å²) in [4.78, 5) is 30.5. The van der Waals surface area contributed by atoms with E-state index >= 15 is 0 Å². The molecule has 152 valence electrons. The number of nitrogens with zero attached hydrogens (tertiary/aromatic N) is 2. The molecule has 0 bridgehead atoms. The molecule has 1 heterocycles. The maximum absolute atomic E-state index is 12.3. The third-order valence-electron chi connectivity index (χ3n) is 3.63. The van der Waals surface area contributed by atoms with Gasteiger partial charge < -0.3 is 19.7 Å². The third-order valence-corrected chi connectivity index (χ3v) is 3.63. The quantitative estimate of drug-likeness (QED) is 0.453. The highest BCUT2D eigenvalue weighted by atomic mass is 16.5. The van der Waals surface area contributed by atoms with Crippen molar-refractivity contribution in [2.45, 2.75) is 6.54 Å². The van der Waals surface area contributed by atoms with Gasteiger partial charge >= 0.3 is 11.9 Å². The monoisotopic (exact) mass is 400 g/mol. The Morgan fingerprint density at radius 1 is 0.897 bits per heavy atom. The summed E-state index contributed by atoms with van der Waals surface area (Å²) in [5.74, 6) is -2.83. The van der Waals surface area contributed by atoms with Crippen molar-refractivity contribution in [3.8, 4) is 5.75 Å². The minimum absolute atomic E-state index is 0.0905. The first kappa shape index (κ1) is 21.6. The molecule has 2 aromatic carbocycles. The largest absolute Gasteiger partial charge is 0.491 e. The van der Waals surface area contributed by atoms with E-state index in [0.717, 1.165) is 11.1 Å². The molecule has 9 nitrogen and oxygen atoms in total. The summed E-state index contributed by atoms with van der Waals surface area (Å²) in [6, 6.07) is 17.0. The number of hydrogen-bond acceptors (Lipinski definition) is 6. The van der Waals surface area contributed by atoms with E-state index in [4.69, 9.17) is 29.3 Å². The molecule has 0 aliphatic carbocycles. The van der Waals surface area contributed by atoms with Crippen LogP contribution in [0.4, 0.5) is 0 Å². The van der Waals surface area contributed by atoms with E-state index in [1.54, 1.807) is 6.20 Å². The van der Waals surface area contributed by atoms with E-state index < -0.39 is 11.9 Å². The minimum atomic E-state index is -1.82. The van der Waals surface area contributed by atoms with Crippen molar-refractivity contribution in [1.29, 1.82) is 0 Å². The first-order chi connectivity index (χ1) is 14.0. The van der Waals surface area contributed by atoms with Crippen molar-refractivity contribution in [3.05, 3.63) is 71.1 Å². The van der Waals surface area contributed by atoms with Crippen LogP contribution in [-0.2, 0) is 20.9 Å². The molecule has 0 aliphatic rings. The van der Waals surface area contributed by atoms with Gasteiger partial charge in [-0.05, 0) is 18.2 Å². The fraction of sp³-hybridized carbons (Fsp3) is 0.200. The number of carboxylic acid groups (broad SMARTS) is 2. The van der Waals surface area contributed by atoms with Crippen LogP contribution in [0.5, 0.6) is 5.75 Å². The Kier molecular flexibility index (Phi) is 8.33. The number of ether oxygens (including phenoxy) is 2. The van der Waals surface area contributed by atoms with E-state index in [0.29, 0.717) is 31.8 Å². The Bertz CT molecular complexity index is 990. The molecule has 0 unspecified atom stereocenters. The molecule has 0 aliphatic heterocycles. The number of rotatable bonds is 7. The van der Waals surface area contributed by atoms with Crippen LogP contribution in [0.1, 0.15) is 0 Å². The Hall–Kier alpha value is -3.72. The van der Waals surface area contributed by atoms with Crippen LogP contribution in [0.2, 0.25) is 0 Å². The maximum atomic E-state index is 12.3. The molecule has 29 heavy (non-hydrogen) atoms. The molecule has 2 N–H and O–H groups in total. The summed E-state index contributed by atoms with van der Waals surface area (Å²) in [5, 5.41) is 20.5. The third kappa shape index (κ3) is 7.07. The standard InChI is InChI=1S/C18H18N2O3.C2H2O4/c21-18-17-9-5-4-6-15(17)14-19-20(18)10-11-22-12-13-23-16-7-2-1-3-8-16;3-1(4)2(5)6/h1-9,14H,10-13H2;(H,3,4)(H,5,6). The van der Waals surface area contributed by atoms with Crippen molar-refractivity contribution >= 4 is 22.7 Å². The second-order valence-electron chi connectivity index (χ2n) is 5.64. The lowest BCUT2D eigenvalue weighted by molar-refractivity contribution is -0.159. The molecule has 0 atom stereocenters. The van der Waals surface area contributed by atoms with E-state index in [1.165, 1.54) is 4.68 Å². The molecule has 3 rings (SSSR count). The van der Waals surface area contributed by atoms with Gasteiger partial charge in [0.15, 0.2) is 0 Å². The average Bonchev–Trinajstić information content (AvgIpc) is 2.73. The smallest absolute Gasteiger partial charge is 0.414 e. The second kappa shape index (κ2) is 11.2. The van der Waals surface area contributed by atoms with E-state index in [2.05, 4.69) is 5.10 Å². The van der Waals surface area contributed by atoms with E-state index in [1.807, 2.05) is 54.6 Å². The fourth-order valence-electron chi connectivity index (χ4n) is 2.28. The second-order valence-corrected chi connectivity index (χ2v) is 5.64. The maximum Gasteiger partial charge on any atom is 0.414 e. The summed E-state index contributed by atoms with van der Waals surface area (Å²) in [6.45, 7) is 1.79. The molecule has 0 amide bonds. The zero-order valence-corrected chi connectivity index (χ0v) is 15.4. The summed E-state index contributed by atoms with van der Waals surface area (Å²) in [5.41, 5.74) is -0.0905. The Morgan fingerprint density at radius 2 is 1.55 bits per heavy atom. The highest BCUT2D eigenvalue weighted by Crippen LogP contribution is 2.08. The van der Waals surface area contributed by atoms with Gasteiger partial charge in [-0.1, -0.05) is 36.4 Å². The molecule has 9 heteroatoms. The molecule has 3 aromatic rings. The van der Waals surface area contributed by atoms with Crippen LogP contribution < -0.4 is 10.3 Å². The topological polar surface area (TPSA) is 128 Å². The van der Waals surface area contributed by atoms with Crippen molar-refractivity contribution in [2.24, 2.45) is 0 Å². The van der Waals surface area contributed by atoms with Crippen molar-refractivity contribution < 1.29 is 29.3 Å². The van der Waals surface area contributed by atoms with E-state index in [-0.39, 0.29) is 5.56 Å². The number of carboxylic acids is 2. The summed E-state index contributed by atoms with van der Waals surface area (Å²) in [6.07, 6.45) is 1.70. The molecule has 1 aromatic heterocycles. The summed E-state index contributed by atoms with van der Waals surface area (Å²) >= 11 is 0.